The number of aromatic nitrogens is 3. The van der Waals surface area contributed by atoms with Crippen molar-refractivity contribution >= 4 is 10.8 Å². The Morgan fingerprint density at radius 3 is 2.31 bits per heavy atom. The second kappa shape index (κ2) is 6.19. The number of nitrogens with zero attached hydrogens (tertiary/aromatic N) is 2. The molecule has 0 bridgehead atoms. The van der Waals surface area contributed by atoms with Crippen molar-refractivity contribution < 1.29 is 4.74 Å². The second-order valence-electron chi connectivity index (χ2n) is 6.24. The molecule has 2 aromatic carbocycles. The topological polar surface area (TPSA) is 59.9 Å². The fourth-order valence-electron chi connectivity index (χ4n) is 3.36. The molecule has 4 rings (SSSR count). The van der Waals surface area contributed by atoms with Crippen molar-refractivity contribution in [3.05, 3.63) is 76.3 Å². The van der Waals surface area contributed by atoms with Crippen LogP contribution in [-0.4, -0.2) is 21.9 Å². The number of hydrogen-bond donors (Lipinski definition) is 1. The number of rotatable bonds is 3. The molecule has 5 nitrogen and oxygen atoms in total. The summed E-state index contributed by atoms with van der Waals surface area (Å²) in [6, 6.07) is 17.2. The van der Waals surface area contributed by atoms with Gasteiger partial charge in [-0.15, -0.1) is 0 Å². The largest absolute Gasteiger partial charge is 0.497 e. The molecule has 2 aromatic heterocycles. The van der Waals surface area contributed by atoms with Gasteiger partial charge in [-0.1, -0.05) is 30.3 Å². The lowest BCUT2D eigenvalue weighted by Gasteiger charge is -2.09. The minimum atomic E-state index is -0.140. The number of benzene rings is 2. The number of aryl methyl sites for hydroxylation is 2. The fraction of sp³-hybridized carbons (Fsp3) is 0.143. The quantitative estimate of drug-likeness (QED) is 0.610. The highest BCUT2D eigenvalue weighted by atomic mass is 16.5. The van der Waals surface area contributed by atoms with E-state index in [1.165, 1.54) is 4.68 Å². The number of H-pyrrole nitrogens is 1. The molecule has 1 N–H and O–H groups in total. The van der Waals surface area contributed by atoms with E-state index in [0.29, 0.717) is 11.1 Å². The van der Waals surface area contributed by atoms with E-state index >= 15 is 0 Å². The van der Waals surface area contributed by atoms with Gasteiger partial charge < -0.3 is 9.72 Å². The van der Waals surface area contributed by atoms with Crippen molar-refractivity contribution in [2.24, 2.45) is 0 Å². The summed E-state index contributed by atoms with van der Waals surface area (Å²) in [5.74, 6) is 0.738. The van der Waals surface area contributed by atoms with Gasteiger partial charge in [-0.3, -0.25) is 4.79 Å². The van der Waals surface area contributed by atoms with Crippen LogP contribution in [0.5, 0.6) is 5.75 Å². The number of nitrogens with one attached hydrogen (secondary N) is 1. The van der Waals surface area contributed by atoms with E-state index in [1.807, 2.05) is 68.4 Å². The van der Waals surface area contributed by atoms with Gasteiger partial charge in [0.05, 0.1) is 29.6 Å². The van der Waals surface area contributed by atoms with E-state index in [2.05, 4.69) is 10.1 Å². The van der Waals surface area contributed by atoms with Gasteiger partial charge >= 0.3 is 0 Å². The van der Waals surface area contributed by atoms with Crippen LogP contribution >= 0.6 is 0 Å². The van der Waals surface area contributed by atoms with Gasteiger partial charge in [0, 0.05) is 11.1 Å². The first-order valence-electron chi connectivity index (χ1n) is 8.42. The first kappa shape index (κ1) is 16.1. The summed E-state index contributed by atoms with van der Waals surface area (Å²) in [6.07, 6.45) is 0. The average molecular weight is 345 g/mol. The highest BCUT2D eigenvalue weighted by molar-refractivity contribution is 5.98. The maximum absolute atomic E-state index is 13.3. The first-order valence-corrected chi connectivity index (χ1v) is 8.42. The van der Waals surface area contributed by atoms with Gasteiger partial charge in [0.2, 0.25) is 0 Å². The van der Waals surface area contributed by atoms with Crippen molar-refractivity contribution in [3.63, 3.8) is 0 Å². The molecule has 0 fully saturated rings. The summed E-state index contributed by atoms with van der Waals surface area (Å²) in [6.45, 7) is 3.90. The Kier molecular flexibility index (Phi) is 3.84. The van der Waals surface area contributed by atoms with Gasteiger partial charge in [0.25, 0.3) is 5.56 Å². The third-order valence-corrected chi connectivity index (χ3v) is 4.58. The molecular weight excluding hydrogens is 326 g/mol. The monoisotopic (exact) mass is 345 g/mol. The van der Waals surface area contributed by atoms with Gasteiger partial charge in [0.15, 0.2) is 0 Å². The minimum absolute atomic E-state index is 0.140. The van der Waals surface area contributed by atoms with Crippen LogP contribution in [-0.2, 0) is 0 Å². The summed E-state index contributed by atoms with van der Waals surface area (Å²) in [5.41, 5.74) is 4.14. The number of aromatic amines is 1. The number of hydrogen-bond acceptors (Lipinski definition) is 3. The average Bonchev–Trinajstić information content (AvgIpc) is 3.04. The van der Waals surface area contributed by atoms with Crippen LogP contribution in [0, 0.1) is 13.8 Å². The molecule has 0 unspecified atom stereocenters. The summed E-state index contributed by atoms with van der Waals surface area (Å²) in [7, 11) is 1.62. The van der Waals surface area contributed by atoms with E-state index in [0.717, 1.165) is 33.8 Å². The van der Waals surface area contributed by atoms with Crippen LogP contribution in [0.2, 0.25) is 0 Å². The van der Waals surface area contributed by atoms with Crippen molar-refractivity contribution in [1.82, 2.24) is 14.8 Å². The van der Waals surface area contributed by atoms with Gasteiger partial charge in [-0.25, -0.2) is 0 Å². The Hall–Kier alpha value is -3.34. The van der Waals surface area contributed by atoms with E-state index in [9.17, 15) is 4.79 Å². The zero-order valence-corrected chi connectivity index (χ0v) is 14.9. The molecular formula is C21H19N3O2. The van der Waals surface area contributed by atoms with Crippen LogP contribution in [0.15, 0.2) is 59.4 Å². The Bertz CT molecular complexity index is 1140. The lowest BCUT2D eigenvalue weighted by atomic mass is 10.1. The van der Waals surface area contributed by atoms with Crippen LogP contribution in [0.4, 0.5) is 0 Å². The summed E-state index contributed by atoms with van der Waals surface area (Å²) in [5, 5.41) is 6.09. The lowest BCUT2D eigenvalue weighted by molar-refractivity contribution is 0.414. The molecule has 0 spiro atoms. The van der Waals surface area contributed by atoms with Crippen molar-refractivity contribution in [1.29, 1.82) is 0 Å². The lowest BCUT2D eigenvalue weighted by Crippen LogP contribution is -2.22. The van der Waals surface area contributed by atoms with Crippen molar-refractivity contribution in [2.75, 3.05) is 7.11 Å². The molecule has 0 aliphatic heterocycles. The van der Waals surface area contributed by atoms with E-state index in [1.54, 1.807) is 7.11 Å². The predicted molar refractivity (Wildman–Crippen MR) is 103 cm³/mol. The highest BCUT2D eigenvalue weighted by Gasteiger charge is 2.18. The molecule has 2 heterocycles. The molecule has 0 aliphatic carbocycles. The molecule has 130 valence electrons. The van der Waals surface area contributed by atoms with E-state index < -0.39 is 0 Å². The second-order valence-corrected chi connectivity index (χ2v) is 6.24. The SMILES string of the molecule is COc1ccc(-n2nc(C)c3c(C)[nH]c(-c4ccccc4)c3c2=O)cc1. The third-order valence-electron chi connectivity index (χ3n) is 4.58. The third kappa shape index (κ3) is 2.49. The highest BCUT2D eigenvalue weighted by Crippen LogP contribution is 2.29. The van der Waals surface area contributed by atoms with Crippen LogP contribution in [0.25, 0.3) is 27.7 Å². The van der Waals surface area contributed by atoms with Gasteiger partial charge in [-0.05, 0) is 43.7 Å². The molecule has 0 saturated carbocycles. The van der Waals surface area contributed by atoms with Gasteiger partial charge in [0.1, 0.15) is 5.75 Å². The number of ether oxygens (including phenoxy) is 1. The van der Waals surface area contributed by atoms with Crippen molar-refractivity contribution in [3.8, 4) is 22.7 Å². The van der Waals surface area contributed by atoms with Gasteiger partial charge in [-0.2, -0.15) is 9.78 Å². The number of methoxy groups -OCH3 is 1. The summed E-state index contributed by atoms with van der Waals surface area (Å²) >= 11 is 0. The molecule has 4 aromatic rings. The van der Waals surface area contributed by atoms with E-state index in [4.69, 9.17) is 4.74 Å². The normalized spacial score (nSPS) is 11.0. The number of fused-ring (bicyclic) bond motifs is 1. The molecule has 26 heavy (non-hydrogen) atoms. The summed E-state index contributed by atoms with van der Waals surface area (Å²) in [4.78, 5) is 16.7. The van der Waals surface area contributed by atoms with Crippen molar-refractivity contribution in [2.45, 2.75) is 13.8 Å². The molecule has 0 atom stereocenters. The Labute approximate surface area is 150 Å². The molecule has 0 saturated heterocycles. The molecule has 5 heteroatoms. The van der Waals surface area contributed by atoms with Crippen LogP contribution in [0.3, 0.4) is 0 Å². The maximum atomic E-state index is 13.3. The van der Waals surface area contributed by atoms with Crippen LogP contribution < -0.4 is 10.3 Å². The Morgan fingerprint density at radius 2 is 1.65 bits per heavy atom. The smallest absolute Gasteiger partial charge is 0.281 e. The first-order chi connectivity index (χ1) is 12.6. The Balaban J connectivity index is 2.02. The zero-order chi connectivity index (χ0) is 18.3. The minimum Gasteiger partial charge on any atom is -0.497 e. The maximum Gasteiger partial charge on any atom is 0.281 e. The summed E-state index contributed by atoms with van der Waals surface area (Å²) < 4.78 is 6.65. The predicted octanol–water partition coefficient (Wildman–Crippen LogP) is 4.01. The molecule has 0 aliphatic rings. The Morgan fingerprint density at radius 1 is 0.962 bits per heavy atom. The van der Waals surface area contributed by atoms with E-state index in [-0.39, 0.29) is 5.56 Å². The fourth-order valence-corrected chi connectivity index (χ4v) is 3.36. The molecule has 0 amide bonds. The molecule has 0 radical (unpaired) electrons. The standard InChI is InChI=1S/C21H19N3O2/c1-13-18-14(2)23-24(16-9-11-17(26-3)12-10-16)21(25)19(18)20(22-13)15-7-5-4-6-8-15/h4-12,22H,1-3H3. The van der Waals surface area contributed by atoms with Crippen LogP contribution in [0.1, 0.15) is 11.4 Å². The zero-order valence-electron chi connectivity index (χ0n) is 14.9.